The summed E-state index contributed by atoms with van der Waals surface area (Å²) in [6.07, 6.45) is 12.8. The zero-order chi connectivity index (χ0) is 14.3. The van der Waals surface area contributed by atoms with Crippen LogP contribution in [0.25, 0.3) is 5.76 Å². The number of aliphatic hydroxyl groups excluding tert-OH is 1. The fourth-order valence-corrected chi connectivity index (χ4v) is 1.23. The summed E-state index contributed by atoms with van der Waals surface area (Å²) in [6.45, 7) is 0. The third kappa shape index (κ3) is 4.22. The average molecular weight is 320 g/mol. The molecule has 105 valence electrons. The molecular weight excluding hydrogens is 312 g/mol. The minimum Gasteiger partial charge on any atom is -0.506 e. The minimum absolute atomic E-state index is 0. The first kappa shape index (κ1) is 17.3. The molecule has 1 rings (SSSR count). The molecule has 0 spiro atoms. The van der Waals surface area contributed by atoms with Crippen molar-refractivity contribution in [1.29, 1.82) is 0 Å². The molecule has 0 unspecified atom stereocenters. The first-order chi connectivity index (χ1) is 9.11. The van der Waals surface area contributed by atoms with Gasteiger partial charge in [-0.15, -0.1) is 0 Å². The van der Waals surface area contributed by atoms with E-state index in [1.54, 1.807) is 30.4 Å². The van der Waals surface area contributed by atoms with Crippen LogP contribution in [0.15, 0.2) is 35.9 Å². The van der Waals surface area contributed by atoms with Crippen molar-refractivity contribution in [2.45, 2.75) is 0 Å². The number of hydrogen-bond donors (Lipinski definition) is 1. The van der Waals surface area contributed by atoms with Gasteiger partial charge in [0.2, 0.25) is 0 Å². The van der Waals surface area contributed by atoms with Crippen molar-refractivity contribution in [3.05, 3.63) is 41.5 Å². The van der Waals surface area contributed by atoms with Crippen molar-refractivity contribution in [1.82, 2.24) is 0 Å². The molecule has 0 heterocycles. The van der Waals surface area contributed by atoms with Crippen molar-refractivity contribution in [2.75, 3.05) is 0 Å². The van der Waals surface area contributed by atoms with Crippen LogP contribution >= 0.6 is 0 Å². The van der Waals surface area contributed by atoms with Crippen LogP contribution in [-0.4, -0.2) is 17.0 Å². The van der Waals surface area contributed by atoms with Crippen LogP contribution in [0.1, 0.15) is 5.56 Å². The zero-order valence-electron chi connectivity index (χ0n) is 9.92. The summed E-state index contributed by atoms with van der Waals surface area (Å²) in [6, 6.07) is 7.84. The standard InChI is InChI=1S/C14H8O5.Cu/c1-3-18-13(16)11(14(17)19-4-2)12(15)10-8-6-5-7-9-10;/h1-2,5-9,15H;. The van der Waals surface area contributed by atoms with Crippen LogP contribution in [0.2, 0.25) is 0 Å². The summed E-state index contributed by atoms with van der Waals surface area (Å²) in [5.41, 5.74) is -0.567. The molecule has 1 radical (unpaired) electrons. The number of ether oxygens (including phenoxy) is 2. The Balaban J connectivity index is 0.00000361. The second kappa shape index (κ2) is 8.44. The Morgan fingerprint density at radius 3 is 1.85 bits per heavy atom. The first-order valence-corrected chi connectivity index (χ1v) is 4.94. The van der Waals surface area contributed by atoms with Gasteiger partial charge in [-0.2, -0.15) is 0 Å². The van der Waals surface area contributed by atoms with Gasteiger partial charge in [0, 0.05) is 22.6 Å². The Bertz CT molecular complexity index is 575. The van der Waals surface area contributed by atoms with E-state index in [1.807, 2.05) is 0 Å². The van der Waals surface area contributed by atoms with Gasteiger partial charge in [0.1, 0.15) is 18.0 Å². The predicted octanol–water partition coefficient (Wildman–Crippen LogP) is 1.22. The summed E-state index contributed by atoms with van der Waals surface area (Å²) < 4.78 is 8.43. The fraction of sp³-hybridized carbons (Fsp3) is 0. The second-order valence-corrected chi connectivity index (χ2v) is 3.10. The van der Waals surface area contributed by atoms with E-state index in [4.69, 9.17) is 12.8 Å². The number of hydrogen-bond acceptors (Lipinski definition) is 5. The van der Waals surface area contributed by atoms with E-state index in [9.17, 15) is 14.7 Å². The van der Waals surface area contributed by atoms with E-state index in [-0.39, 0.29) is 22.6 Å². The molecule has 0 aromatic heterocycles. The van der Waals surface area contributed by atoms with Gasteiger partial charge in [-0.3, -0.25) is 0 Å². The maximum absolute atomic E-state index is 11.5. The van der Waals surface area contributed by atoms with Gasteiger partial charge in [0.25, 0.3) is 0 Å². The van der Waals surface area contributed by atoms with Crippen LogP contribution in [-0.2, 0) is 36.1 Å². The van der Waals surface area contributed by atoms with Crippen molar-refractivity contribution in [3.63, 3.8) is 0 Å². The van der Waals surface area contributed by atoms with Gasteiger partial charge >= 0.3 is 11.9 Å². The third-order valence-corrected chi connectivity index (χ3v) is 2.00. The molecule has 20 heavy (non-hydrogen) atoms. The summed E-state index contributed by atoms with van der Waals surface area (Å²) in [5.74, 6) is -3.10. The summed E-state index contributed by atoms with van der Waals surface area (Å²) in [4.78, 5) is 23.0. The van der Waals surface area contributed by atoms with Crippen LogP contribution in [0, 0.1) is 25.1 Å². The molecule has 0 fully saturated rings. The maximum Gasteiger partial charge on any atom is 0.363 e. The van der Waals surface area contributed by atoms with E-state index in [1.165, 1.54) is 12.1 Å². The number of carbonyl (C=O) groups is 2. The summed E-state index contributed by atoms with van der Waals surface area (Å²) >= 11 is 0. The maximum atomic E-state index is 11.5. The van der Waals surface area contributed by atoms with Crippen LogP contribution in [0.5, 0.6) is 0 Å². The molecule has 6 heteroatoms. The van der Waals surface area contributed by atoms with E-state index < -0.39 is 23.3 Å². The van der Waals surface area contributed by atoms with Gasteiger partial charge in [-0.05, 0) is 0 Å². The average Bonchev–Trinajstić information content (AvgIpc) is 2.40. The first-order valence-electron chi connectivity index (χ1n) is 4.94. The molecule has 1 N–H and O–H groups in total. The molecule has 0 atom stereocenters. The van der Waals surface area contributed by atoms with Crippen molar-refractivity contribution < 1.29 is 41.2 Å². The number of rotatable bonds is 3. The van der Waals surface area contributed by atoms with Crippen LogP contribution in [0.4, 0.5) is 0 Å². The molecule has 0 amide bonds. The van der Waals surface area contributed by atoms with Crippen molar-refractivity contribution in [3.8, 4) is 25.1 Å². The Hall–Kier alpha value is -2.66. The molecule has 0 aliphatic carbocycles. The molecule has 1 aromatic carbocycles. The van der Waals surface area contributed by atoms with Crippen molar-refractivity contribution >= 4 is 17.7 Å². The van der Waals surface area contributed by atoms with Gasteiger partial charge in [-0.25, -0.2) is 9.59 Å². The number of benzene rings is 1. The van der Waals surface area contributed by atoms with Crippen LogP contribution < -0.4 is 0 Å². The molecule has 0 aliphatic rings. The van der Waals surface area contributed by atoms with E-state index in [0.29, 0.717) is 0 Å². The SMILES string of the molecule is C#COC(=O)C(C(=O)OC#C)=C(O)c1ccccc1.[Cu]. The van der Waals surface area contributed by atoms with Crippen LogP contribution in [0.3, 0.4) is 0 Å². The Kier molecular flexibility index (Phi) is 7.32. The molecule has 0 saturated heterocycles. The number of carbonyl (C=O) groups excluding carboxylic acids is 2. The molecular formula is C14H8CuO5. The Morgan fingerprint density at radius 1 is 1.00 bits per heavy atom. The molecule has 0 bridgehead atoms. The topological polar surface area (TPSA) is 72.8 Å². The van der Waals surface area contributed by atoms with Gasteiger partial charge in [0.05, 0.1) is 0 Å². The quantitative estimate of drug-likeness (QED) is 0.172. The van der Waals surface area contributed by atoms with E-state index in [0.717, 1.165) is 0 Å². The number of aliphatic hydroxyl groups is 1. The Morgan fingerprint density at radius 2 is 1.45 bits per heavy atom. The number of terminal acetylenes is 2. The smallest absolute Gasteiger partial charge is 0.363 e. The zero-order valence-corrected chi connectivity index (χ0v) is 10.9. The van der Waals surface area contributed by atoms with Crippen molar-refractivity contribution in [2.24, 2.45) is 0 Å². The fourth-order valence-electron chi connectivity index (χ4n) is 1.23. The number of esters is 2. The van der Waals surface area contributed by atoms with Gasteiger partial charge in [-0.1, -0.05) is 43.2 Å². The normalized spacial score (nSPS) is 8.10. The monoisotopic (exact) mass is 319 g/mol. The largest absolute Gasteiger partial charge is 0.506 e. The third-order valence-electron chi connectivity index (χ3n) is 2.00. The summed E-state index contributed by atoms with van der Waals surface area (Å²) in [7, 11) is 0. The van der Waals surface area contributed by atoms with Gasteiger partial charge < -0.3 is 14.6 Å². The van der Waals surface area contributed by atoms with E-state index in [2.05, 4.69) is 9.47 Å². The predicted molar refractivity (Wildman–Crippen MR) is 65.8 cm³/mol. The summed E-state index contributed by atoms with van der Waals surface area (Å²) in [5, 5.41) is 9.92. The molecule has 5 nitrogen and oxygen atoms in total. The second-order valence-electron chi connectivity index (χ2n) is 3.10. The van der Waals surface area contributed by atoms with Gasteiger partial charge in [0.15, 0.2) is 5.57 Å². The molecule has 1 aromatic rings. The molecule has 0 aliphatic heterocycles. The van der Waals surface area contributed by atoms with E-state index >= 15 is 0 Å². The molecule has 0 saturated carbocycles. The Labute approximate surface area is 126 Å². The minimum atomic E-state index is -1.23.